The third-order valence-corrected chi connectivity index (χ3v) is 8.20. The van der Waals surface area contributed by atoms with Crippen LogP contribution in [-0.2, 0) is 9.84 Å². The smallest absolute Gasteiger partial charge is 0.335 e. The quantitative estimate of drug-likeness (QED) is 0.643. The highest BCUT2D eigenvalue weighted by Crippen LogP contribution is 2.55. The second-order valence-electron chi connectivity index (χ2n) is 9.99. The molecule has 1 N–H and O–H groups in total. The zero-order valence-corrected chi connectivity index (χ0v) is 20.6. The summed E-state index contributed by atoms with van der Waals surface area (Å²) in [5.41, 5.74) is 3.66. The lowest BCUT2D eigenvalue weighted by Crippen LogP contribution is -2.48. The van der Waals surface area contributed by atoms with Gasteiger partial charge >= 0.3 is 5.97 Å². The van der Waals surface area contributed by atoms with Crippen molar-refractivity contribution >= 4 is 27.3 Å². The number of amides is 1. The van der Waals surface area contributed by atoms with Crippen molar-refractivity contribution in [3.05, 3.63) is 82.9 Å². The molecule has 1 atom stereocenters. The summed E-state index contributed by atoms with van der Waals surface area (Å²) in [7, 11) is -3.31. The fourth-order valence-electron chi connectivity index (χ4n) is 5.38. The van der Waals surface area contributed by atoms with Crippen LogP contribution in [0.1, 0.15) is 53.5 Å². The number of aromatic carboxylic acids is 1. The van der Waals surface area contributed by atoms with E-state index in [4.69, 9.17) is 0 Å². The molecule has 6 nitrogen and oxygen atoms in total. The summed E-state index contributed by atoms with van der Waals surface area (Å²) >= 11 is 0. The van der Waals surface area contributed by atoms with Gasteiger partial charge in [-0.25, -0.2) is 13.2 Å². The van der Waals surface area contributed by atoms with Crippen LogP contribution < -0.4 is 0 Å². The Morgan fingerprint density at radius 2 is 1.50 bits per heavy atom. The Hall–Kier alpha value is -3.19. The van der Waals surface area contributed by atoms with E-state index in [1.54, 1.807) is 24.3 Å². The molecular formula is C27H29NO5S. The van der Waals surface area contributed by atoms with Gasteiger partial charge in [0.25, 0.3) is 5.91 Å². The lowest BCUT2D eigenvalue weighted by Gasteiger charge is -2.50. The maximum absolute atomic E-state index is 13.2. The van der Waals surface area contributed by atoms with Crippen molar-refractivity contribution in [1.82, 2.24) is 4.90 Å². The average Bonchev–Trinajstić information content (AvgIpc) is 2.77. The first-order valence-corrected chi connectivity index (χ1v) is 13.1. The van der Waals surface area contributed by atoms with Gasteiger partial charge in [-0.15, -0.1) is 0 Å². The molecule has 0 fully saturated rings. The second-order valence-corrected chi connectivity index (χ2v) is 12.0. The topological polar surface area (TPSA) is 91.8 Å². The molecule has 0 aromatic heterocycles. The number of hydrogen-bond acceptors (Lipinski definition) is 4. The number of benzene rings is 2. The summed E-state index contributed by atoms with van der Waals surface area (Å²) in [5.74, 6) is -1.06. The van der Waals surface area contributed by atoms with E-state index >= 15 is 0 Å². The van der Waals surface area contributed by atoms with Gasteiger partial charge in [0.15, 0.2) is 9.84 Å². The number of sulfone groups is 1. The van der Waals surface area contributed by atoms with E-state index in [-0.39, 0.29) is 27.2 Å². The molecule has 0 saturated carbocycles. The zero-order valence-electron chi connectivity index (χ0n) is 19.8. The summed E-state index contributed by atoms with van der Waals surface area (Å²) in [5, 5.41) is 9.20. The summed E-state index contributed by atoms with van der Waals surface area (Å²) in [6.45, 7) is 7.57. The Labute approximate surface area is 200 Å². The molecule has 0 radical (unpaired) electrons. The van der Waals surface area contributed by atoms with Crippen molar-refractivity contribution < 1.29 is 23.1 Å². The monoisotopic (exact) mass is 479 g/mol. The molecule has 2 aromatic carbocycles. The third-order valence-electron chi connectivity index (χ3n) is 7.07. The van der Waals surface area contributed by atoms with Crippen molar-refractivity contribution in [3.8, 4) is 0 Å². The highest BCUT2D eigenvalue weighted by atomic mass is 32.2. The molecule has 0 spiro atoms. The molecule has 1 amide bonds. The molecule has 2 aliphatic rings. The van der Waals surface area contributed by atoms with Crippen molar-refractivity contribution in [2.75, 3.05) is 19.3 Å². The standard InChI is InChI=1S/C27H29NO5S/c1-26(2)22(18-5-7-20(8-6-18)25(30)31)13-15-27(3)17-28(16-14-23(26)27)24(29)19-9-11-21(12-10-19)34(4,32)33/h5-14H,15-17H2,1-4H3,(H,30,31)/t27-/m1/s1. The van der Waals surface area contributed by atoms with Crippen molar-refractivity contribution in [1.29, 1.82) is 0 Å². The molecule has 4 rings (SSSR count). The van der Waals surface area contributed by atoms with Crippen molar-refractivity contribution in [2.24, 2.45) is 10.8 Å². The molecule has 2 aromatic rings. The molecule has 178 valence electrons. The van der Waals surface area contributed by atoms with Crippen LogP contribution in [0.5, 0.6) is 0 Å². The maximum atomic E-state index is 13.2. The summed E-state index contributed by atoms with van der Waals surface area (Å²) in [6, 6.07) is 13.1. The summed E-state index contributed by atoms with van der Waals surface area (Å²) in [6.07, 6.45) is 6.26. The minimum absolute atomic E-state index is 0.117. The summed E-state index contributed by atoms with van der Waals surface area (Å²) < 4.78 is 23.4. The van der Waals surface area contributed by atoms with Gasteiger partial charge in [0.1, 0.15) is 0 Å². The Morgan fingerprint density at radius 3 is 2.06 bits per heavy atom. The van der Waals surface area contributed by atoms with Gasteiger partial charge in [-0.2, -0.15) is 0 Å². The van der Waals surface area contributed by atoms with Crippen LogP contribution in [0.4, 0.5) is 0 Å². The number of fused-ring (bicyclic) bond motifs is 1. The molecule has 34 heavy (non-hydrogen) atoms. The Balaban J connectivity index is 1.59. The minimum atomic E-state index is -3.31. The van der Waals surface area contributed by atoms with E-state index in [0.29, 0.717) is 18.7 Å². The number of carboxylic acids is 1. The fourth-order valence-corrected chi connectivity index (χ4v) is 6.01. The van der Waals surface area contributed by atoms with Crippen LogP contribution >= 0.6 is 0 Å². The SMILES string of the molecule is CC1(C)C(c2ccc(C(=O)O)cc2)=CC[C@]2(C)CN(C(=O)c3ccc(S(C)(=O)=O)cc3)CC=C12. The molecule has 1 aliphatic heterocycles. The highest BCUT2D eigenvalue weighted by molar-refractivity contribution is 7.90. The largest absolute Gasteiger partial charge is 0.478 e. The van der Waals surface area contributed by atoms with Gasteiger partial charge in [0.05, 0.1) is 10.5 Å². The van der Waals surface area contributed by atoms with Crippen LogP contribution in [0.2, 0.25) is 0 Å². The van der Waals surface area contributed by atoms with E-state index in [1.807, 2.05) is 17.0 Å². The van der Waals surface area contributed by atoms with Gasteiger partial charge in [-0.05, 0) is 54.0 Å². The molecular weight excluding hydrogens is 450 g/mol. The number of rotatable bonds is 4. The second kappa shape index (κ2) is 8.24. The molecule has 0 saturated heterocycles. The van der Waals surface area contributed by atoms with Crippen molar-refractivity contribution in [2.45, 2.75) is 32.1 Å². The normalized spacial score (nSPS) is 21.8. The molecule has 0 bridgehead atoms. The van der Waals surface area contributed by atoms with Crippen LogP contribution in [0.3, 0.4) is 0 Å². The van der Waals surface area contributed by atoms with Gasteiger partial charge in [0, 0.05) is 35.7 Å². The Bertz CT molecular complexity index is 1320. The lowest BCUT2D eigenvalue weighted by molar-refractivity contribution is 0.0678. The number of carbonyl (C=O) groups excluding carboxylic acids is 1. The van der Waals surface area contributed by atoms with Crippen LogP contribution in [0.25, 0.3) is 5.57 Å². The van der Waals surface area contributed by atoms with E-state index in [2.05, 4.69) is 32.9 Å². The van der Waals surface area contributed by atoms with Crippen molar-refractivity contribution in [3.63, 3.8) is 0 Å². The lowest BCUT2D eigenvalue weighted by atomic mass is 9.58. The first-order valence-electron chi connectivity index (χ1n) is 11.2. The number of hydrogen-bond donors (Lipinski definition) is 1. The predicted octanol–water partition coefficient (Wildman–Crippen LogP) is 4.69. The minimum Gasteiger partial charge on any atom is -0.478 e. The first-order chi connectivity index (χ1) is 15.8. The average molecular weight is 480 g/mol. The molecule has 1 aliphatic carbocycles. The first kappa shape index (κ1) is 24.0. The highest BCUT2D eigenvalue weighted by Gasteiger charge is 2.46. The number of nitrogens with zero attached hydrogens (tertiary/aromatic N) is 1. The van der Waals surface area contributed by atoms with Gasteiger partial charge < -0.3 is 10.0 Å². The van der Waals surface area contributed by atoms with Crippen LogP contribution in [0, 0.1) is 10.8 Å². The van der Waals surface area contributed by atoms with E-state index in [1.165, 1.54) is 17.7 Å². The number of carboxylic acid groups (broad SMARTS) is 1. The van der Waals surface area contributed by atoms with E-state index in [0.717, 1.165) is 23.8 Å². The number of carbonyl (C=O) groups is 2. The third kappa shape index (κ3) is 4.20. The molecule has 7 heteroatoms. The number of allylic oxidation sites excluding steroid dienone is 2. The Kier molecular flexibility index (Phi) is 5.80. The van der Waals surface area contributed by atoms with E-state index < -0.39 is 15.8 Å². The van der Waals surface area contributed by atoms with Gasteiger partial charge in [0.2, 0.25) is 0 Å². The molecule has 0 unspecified atom stereocenters. The summed E-state index contributed by atoms with van der Waals surface area (Å²) in [4.78, 5) is 26.4. The van der Waals surface area contributed by atoms with Gasteiger partial charge in [-0.3, -0.25) is 4.79 Å². The predicted molar refractivity (Wildman–Crippen MR) is 131 cm³/mol. The zero-order chi connectivity index (χ0) is 24.9. The maximum Gasteiger partial charge on any atom is 0.335 e. The fraction of sp³-hybridized carbons (Fsp3) is 0.333. The van der Waals surface area contributed by atoms with Gasteiger partial charge in [-0.1, -0.05) is 50.6 Å². The molecule has 1 heterocycles. The van der Waals surface area contributed by atoms with Crippen LogP contribution in [0.15, 0.2) is 71.2 Å². The van der Waals surface area contributed by atoms with Crippen LogP contribution in [-0.4, -0.2) is 49.6 Å². The van der Waals surface area contributed by atoms with E-state index in [9.17, 15) is 23.1 Å². The Morgan fingerprint density at radius 1 is 0.912 bits per heavy atom.